The second-order valence-electron chi connectivity index (χ2n) is 0.610. The van der Waals surface area contributed by atoms with Crippen molar-refractivity contribution in [1.82, 2.24) is 0 Å². The first kappa shape index (κ1) is 16.6. The van der Waals surface area contributed by atoms with Crippen molar-refractivity contribution in [2.45, 2.75) is 0 Å². The number of carbonyl (C=O) groups is 2. The second kappa shape index (κ2) is 11.8. The van der Waals surface area contributed by atoms with Crippen molar-refractivity contribution in [3.8, 4) is 0 Å². The third-order valence-electron chi connectivity index (χ3n) is 0.183. The molecule has 0 aliphatic carbocycles. The van der Waals surface area contributed by atoms with Gasteiger partial charge in [-0.05, 0) is 0 Å². The molecule has 0 amide bonds. The van der Waals surface area contributed by atoms with E-state index in [2.05, 4.69) is 0 Å². The predicted octanol–water partition coefficient (Wildman–Crippen LogP) is -1.61. The maximum atomic E-state index is 9.10. The van der Waals surface area contributed by atoms with Gasteiger partial charge in [-0.3, -0.25) is 0 Å². The number of hydrogen-bond donors (Lipinski definition) is 2. The molecule has 0 aromatic heterocycles. The van der Waals surface area contributed by atoms with E-state index < -0.39 is 11.9 Å². The molecule has 0 spiro atoms. The normalized spacial score (nSPS) is 5.22. The van der Waals surface area contributed by atoms with Crippen LogP contribution < -0.4 is 0 Å². The Kier molecular flexibility index (Phi) is 21.8. The molecule has 0 bridgehead atoms. The van der Waals surface area contributed by atoms with Gasteiger partial charge in [-0.1, -0.05) is 0 Å². The summed E-state index contributed by atoms with van der Waals surface area (Å²) < 4.78 is 8.25. The van der Waals surface area contributed by atoms with E-state index in [1.54, 1.807) is 0 Å². The van der Waals surface area contributed by atoms with Crippen LogP contribution in [0.2, 0.25) is 0 Å². The molecular formula is C2H3KO5Ti. The van der Waals surface area contributed by atoms with Gasteiger partial charge in [0.2, 0.25) is 0 Å². The van der Waals surface area contributed by atoms with Gasteiger partial charge in [-0.2, -0.15) is 0 Å². The summed E-state index contributed by atoms with van der Waals surface area (Å²) in [7, 11) is 0. The molecule has 0 saturated carbocycles. The molecule has 0 aliphatic heterocycles. The minimum atomic E-state index is -1.82. The van der Waals surface area contributed by atoms with E-state index in [1.807, 2.05) is 0 Å². The standard InChI is InChI=1S/C2H2O4.K.O.Ti.H/c3-1(4)2(5)6;;;;/h(H,3,4)(H,5,6);;;;. The van der Waals surface area contributed by atoms with Gasteiger partial charge in [0.1, 0.15) is 0 Å². The molecule has 5 nitrogen and oxygen atoms in total. The van der Waals surface area contributed by atoms with Crippen LogP contribution in [-0.4, -0.2) is 73.5 Å². The Hall–Kier alpha value is 1.09. The van der Waals surface area contributed by atoms with Crippen molar-refractivity contribution in [2.75, 3.05) is 0 Å². The fraction of sp³-hybridized carbons (Fsp3) is 0. The van der Waals surface area contributed by atoms with Crippen LogP contribution in [0.3, 0.4) is 0 Å². The van der Waals surface area contributed by atoms with Crippen LogP contribution >= 0.6 is 0 Å². The van der Waals surface area contributed by atoms with E-state index in [1.165, 1.54) is 0 Å². The third-order valence-corrected chi connectivity index (χ3v) is 0.183. The topological polar surface area (TPSA) is 91.7 Å². The zero-order valence-electron chi connectivity index (χ0n) is 3.62. The van der Waals surface area contributed by atoms with Crippen molar-refractivity contribution in [3.05, 3.63) is 0 Å². The van der Waals surface area contributed by atoms with Crippen molar-refractivity contribution in [1.29, 1.82) is 0 Å². The SMILES string of the molecule is O=C(O)C(=O)O.[KH].[O]=[Ti]. The van der Waals surface area contributed by atoms with Gasteiger partial charge in [0.25, 0.3) is 0 Å². The van der Waals surface area contributed by atoms with Crippen LogP contribution in [0, 0.1) is 0 Å². The number of aliphatic carboxylic acids is 2. The van der Waals surface area contributed by atoms with Crippen LogP contribution in [0.25, 0.3) is 0 Å². The van der Waals surface area contributed by atoms with Crippen molar-refractivity contribution in [3.63, 3.8) is 0 Å². The van der Waals surface area contributed by atoms with E-state index >= 15 is 0 Å². The molecule has 0 fully saturated rings. The summed E-state index contributed by atoms with van der Waals surface area (Å²) in [4.78, 5) is 18.2. The predicted molar refractivity (Wildman–Crippen MR) is 23.1 cm³/mol. The molecule has 0 rings (SSSR count). The Labute approximate surface area is 105 Å². The monoisotopic (exact) mass is 194 g/mol. The van der Waals surface area contributed by atoms with Gasteiger partial charge in [0, 0.05) is 0 Å². The quantitative estimate of drug-likeness (QED) is 0.357. The summed E-state index contributed by atoms with van der Waals surface area (Å²) in [5.74, 6) is -3.65. The van der Waals surface area contributed by atoms with Gasteiger partial charge in [-0.25, -0.2) is 9.59 Å². The summed E-state index contributed by atoms with van der Waals surface area (Å²) in [5.41, 5.74) is 0. The summed E-state index contributed by atoms with van der Waals surface area (Å²) in [5, 5.41) is 14.8. The van der Waals surface area contributed by atoms with Gasteiger partial charge >= 0.3 is 87.1 Å². The average molecular weight is 194 g/mol. The average Bonchev–Trinajstić information content (AvgIpc) is 1.72. The second-order valence-corrected chi connectivity index (χ2v) is 0.610. The molecular weight excluding hydrogens is 191 g/mol. The molecule has 46 valence electrons. The van der Waals surface area contributed by atoms with Gasteiger partial charge in [-0.15, -0.1) is 0 Å². The van der Waals surface area contributed by atoms with Crippen LogP contribution in [0.1, 0.15) is 0 Å². The molecule has 0 aromatic carbocycles. The first-order valence-corrected chi connectivity index (χ1v) is 1.95. The Morgan fingerprint density at radius 2 is 1.11 bits per heavy atom. The minimum absolute atomic E-state index is 0. The van der Waals surface area contributed by atoms with E-state index in [0.29, 0.717) is 0 Å². The Bertz CT molecular complexity index is 91.1. The van der Waals surface area contributed by atoms with Gasteiger partial charge < -0.3 is 10.2 Å². The number of hydrogen-bond acceptors (Lipinski definition) is 3. The maximum absolute atomic E-state index is 9.10. The number of rotatable bonds is 0. The molecule has 0 aliphatic rings. The molecule has 0 atom stereocenters. The van der Waals surface area contributed by atoms with Crippen molar-refractivity contribution >= 4 is 63.3 Å². The van der Waals surface area contributed by atoms with Crippen molar-refractivity contribution < 1.29 is 43.5 Å². The fourth-order valence-electron chi connectivity index (χ4n) is 0. The zero-order valence-corrected chi connectivity index (χ0v) is 5.18. The molecule has 0 saturated heterocycles. The number of carboxylic acid groups (broad SMARTS) is 2. The van der Waals surface area contributed by atoms with E-state index in [-0.39, 0.29) is 51.4 Å². The summed E-state index contributed by atoms with van der Waals surface area (Å²) in [6.45, 7) is 0. The first-order valence-electron chi connectivity index (χ1n) is 1.31. The summed E-state index contributed by atoms with van der Waals surface area (Å²) >= 11 is 0.750. The molecule has 7 heteroatoms. The van der Waals surface area contributed by atoms with Crippen LogP contribution in [0.15, 0.2) is 0 Å². The third kappa shape index (κ3) is 17.6. The Morgan fingerprint density at radius 1 is 1.00 bits per heavy atom. The molecule has 0 radical (unpaired) electrons. The fourth-order valence-corrected chi connectivity index (χ4v) is 0. The van der Waals surface area contributed by atoms with Crippen molar-refractivity contribution in [2.24, 2.45) is 0 Å². The first-order chi connectivity index (χ1) is 3.64. The van der Waals surface area contributed by atoms with Gasteiger partial charge in [0.05, 0.1) is 0 Å². The number of carboxylic acids is 2. The molecule has 0 heterocycles. The Balaban J connectivity index is -0.000000109. The molecule has 2 N–H and O–H groups in total. The van der Waals surface area contributed by atoms with Crippen LogP contribution in [0.4, 0.5) is 0 Å². The summed E-state index contributed by atoms with van der Waals surface area (Å²) in [6, 6.07) is 0. The zero-order chi connectivity index (χ0) is 7.15. The Morgan fingerprint density at radius 3 is 1.11 bits per heavy atom. The molecule has 0 unspecified atom stereocenters. The molecule has 9 heavy (non-hydrogen) atoms. The van der Waals surface area contributed by atoms with E-state index in [4.69, 9.17) is 23.1 Å². The van der Waals surface area contributed by atoms with Crippen LogP contribution in [0.5, 0.6) is 0 Å². The van der Waals surface area contributed by atoms with Gasteiger partial charge in [0.15, 0.2) is 0 Å². The summed E-state index contributed by atoms with van der Waals surface area (Å²) in [6.07, 6.45) is 0. The van der Waals surface area contributed by atoms with Crippen LogP contribution in [-0.2, 0) is 33.3 Å². The van der Waals surface area contributed by atoms with E-state index in [0.717, 1.165) is 20.4 Å². The van der Waals surface area contributed by atoms with E-state index in [9.17, 15) is 0 Å². The molecule has 0 aromatic rings.